The second-order valence-corrected chi connectivity index (χ2v) is 4.87. The molecule has 3 aromatic rings. The average Bonchev–Trinajstić information content (AvgIpc) is 2.78. The minimum Gasteiger partial charge on any atom is -0.336 e. The van der Waals surface area contributed by atoms with Crippen molar-refractivity contribution < 1.29 is 4.39 Å². The first-order chi connectivity index (χ1) is 8.66. The summed E-state index contributed by atoms with van der Waals surface area (Å²) >= 11 is 3.17. The fraction of sp³-hybridized carbons (Fsp3) is 0.0769. The van der Waals surface area contributed by atoms with Gasteiger partial charge < -0.3 is 4.98 Å². The van der Waals surface area contributed by atoms with Crippen LogP contribution in [0.4, 0.5) is 4.39 Å². The summed E-state index contributed by atoms with van der Waals surface area (Å²) in [4.78, 5) is 11.6. The summed E-state index contributed by atoms with van der Waals surface area (Å²) in [5.74, 6) is 0.166. The lowest BCUT2D eigenvalue weighted by Crippen LogP contribution is -1.87. The molecular weight excluding hydrogens is 297 g/mol. The number of H-pyrrole nitrogens is 1. The van der Waals surface area contributed by atoms with Crippen LogP contribution < -0.4 is 0 Å². The molecule has 0 amide bonds. The number of halogens is 2. The van der Waals surface area contributed by atoms with E-state index in [0.717, 1.165) is 11.1 Å². The van der Waals surface area contributed by atoms with Crippen molar-refractivity contribution in [3.63, 3.8) is 0 Å². The predicted molar refractivity (Wildman–Crippen MR) is 71.7 cm³/mol. The standard InChI is InChI=1S/C13H9BrFN3/c1-7-5-6-16-13-11(7)17-12(18-13)8-3-2-4-9(14)10(8)15/h2-6H,1H3,(H,16,17,18). The topological polar surface area (TPSA) is 41.6 Å². The van der Waals surface area contributed by atoms with Gasteiger partial charge >= 0.3 is 0 Å². The van der Waals surface area contributed by atoms with Gasteiger partial charge in [-0.2, -0.15) is 0 Å². The fourth-order valence-electron chi connectivity index (χ4n) is 1.85. The lowest BCUT2D eigenvalue weighted by Gasteiger charge is -2.00. The zero-order valence-electron chi connectivity index (χ0n) is 9.54. The maximum Gasteiger partial charge on any atom is 0.178 e. The van der Waals surface area contributed by atoms with Gasteiger partial charge in [0.1, 0.15) is 11.6 Å². The van der Waals surface area contributed by atoms with Crippen LogP contribution in [0.15, 0.2) is 34.9 Å². The van der Waals surface area contributed by atoms with Crippen molar-refractivity contribution in [2.45, 2.75) is 6.92 Å². The highest BCUT2D eigenvalue weighted by atomic mass is 79.9. The van der Waals surface area contributed by atoms with Gasteiger partial charge in [0.25, 0.3) is 0 Å². The molecule has 2 aromatic heterocycles. The van der Waals surface area contributed by atoms with Crippen LogP contribution in [0.1, 0.15) is 5.56 Å². The van der Waals surface area contributed by atoms with Crippen molar-refractivity contribution in [2.24, 2.45) is 0 Å². The van der Waals surface area contributed by atoms with Crippen LogP contribution in [-0.4, -0.2) is 15.0 Å². The molecule has 1 aromatic carbocycles. The van der Waals surface area contributed by atoms with Crippen LogP contribution in [0.2, 0.25) is 0 Å². The van der Waals surface area contributed by atoms with E-state index in [4.69, 9.17) is 0 Å². The molecule has 2 heterocycles. The highest BCUT2D eigenvalue weighted by Crippen LogP contribution is 2.27. The molecule has 0 aliphatic rings. The van der Waals surface area contributed by atoms with Crippen LogP contribution in [0.5, 0.6) is 0 Å². The minimum atomic E-state index is -0.325. The highest BCUT2D eigenvalue weighted by Gasteiger charge is 2.13. The molecule has 3 nitrogen and oxygen atoms in total. The number of nitrogens with one attached hydrogen (secondary N) is 1. The van der Waals surface area contributed by atoms with Crippen molar-refractivity contribution in [3.05, 3.63) is 46.3 Å². The molecule has 0 unspecified atom stereocenters. The van der Waals surface area contributed by atoms with E-state index >= 15 is 0 Å². The third-order valence-corrected chi connectivity index (χ3v) is 3.42. The highest BCUT2D eigenvalue weighted by molar-refractivity contribution is 9.10. The molecule has 0 radical (unpaired) electrons. The SMILES string of the molecule is Cc1ccnc2nc(-c3cccc(Br)c3F)[nH]c12. The van der Waals surface area contributed by atoms with Crippen molar-refractivity contribution in [2.75, 3.05) is 0 Å². The number of fused-ring (bicyclic) bond motifs is 1. The number of benzene rings is 1. The second kappa shape index (κ2) is 4.17. The van der Waals surface area contributed by atoms with Gasteiger partial charge in [0.15, 0.2) is 5.65 Å². The Kier molecular flexibility index (Phi) is 2.63. The maximum atomic E-state index is 14.0. The summed E-state index contributed by atoms with van der Waals surface area (Å²) in [6, 6.07) is 7.01. The largest absolute Gasteiger partial charge is 0.336 e. The van der Waals surface area contributed by atoms with Crippen LogP contribution in [0, 0.1) is 12.7 Å². The van der Waals surface area contributed by atoms with Crippen molar-refractivity contribution in [3.8, 4) is 11.4 Å². The Balaban J connectivity index is 2.26. The molecule has 5 heteroatoms. The maximum absolute atomic E-state index is 14.0. The molecule has 0 atom stereocenters. The van der Waals surface area contributed by atoms with E-state index in [2.05, 4.69) is 30.9 Å². The molecule has 0 saturated heterocycles. The molecule has 18 heavy (non-hydrogen) atoms. The number of aromatic amines is 1. The van der Waals surface area contributed by atoms with Gasteiger partial charge in [-0.15, -0.1) is 0 Å². The number of nitrogens with zero attached hydrogens (tertiary/aromatic N) is 2. The van der Waals surface area contributed by atoms with Crippen LogP contribution in [-0.2, 0) is 0 Å². The smallest absolute Gasteiger partial charge is 0.178 e. The van der Waals surface area contributed by atoms with E-state index < -0.39 is 0 Å². The number of aromatic nitrogens is 3. The predicted octanol–water partition coefficient (Wildman–Crippen LogP) is 3.83. The monoisotopic (exact) mass is 305 g/mol. The quantitative estimate of drug-likeness (QED) is 0.742. The Morgan fingerprint density at radius 2 is 2.11 bits per heavy atom. The summed E-state index contributed by atoms with van der Waals surface area (Å²) in [5, 5.41) is 0. The summed E-state index contributed by atoms with van der Waals surface area (Å²) in [6.45, 7) is 1.96. The third kappa shape index (κ3) is 1.71. The number of imidazole rings is 1. The van der Waals surface area contributed by atoms with Crippen molar-refractivity contribution in [1.29, 1.82) is 0 Å². The van der Waals surface area contributed by atoms with Gasteiger partial charge in [0.2, 0.25) is 0 Å². The van der Waals surface area contributed by atoms with Gasteiger partial charge in [-0.1, -0.05) is 6.07 Å². The molecular formula is C13H9BrFN3. The molecule has 0 spiro atoms. The number of pyridine rings is 1. The van der Waals surface area contributed by atoms with Gasteiger partial charge in [0.05, 0.1) is 15.6 Å². The van der Waals surface area contributed by atoms with Gasteiger partial charge in [-0.25, -0.2) is 14.4 Å². The van der Waals surface area contributed by atoms with Gasteiger partial charge in [-0.05, 0) is 46.6 Å². The Labute approximate surface area is 111 Å². The fourth-order valence-corrected chi connectivity index (χ4v) is 2.22. The second-order valence-electron chi connectivity index (χ2n) is 4.01. The Bertz CT molecular complexity index is 736. The van der Waals surface area contributed by atoms with Crippen LogP contribution in [0.3, 0.4) is 0 Å². The summed E-state index contributed by atoms with van der Waals surface area (Å²) in [7, 11) is 0. The molecule has 0 saturated carbocycles. The lowest BCUT2D eigenvalue weighted by molar-refractivity contribution is 0.623. The molecule has 3 rings (SSSR count). The normalized spacial score (nSPS) is 11.1. The molecule has 1 N–H and O–H groups in total. The Hall–Kier alpha value is -1.75. The number of aryl methyl sites for hydroxylation is 1. The van der Waals surface area contributed by atoms with Crippen LogP contribution in [0.25, 0.3) is 22.6 Å². The van der Waals surface area contributed by atoms with E-state index in [1.54, 1.807) is 24.4 Å². The average molecular weight is 306 g/mol. The van der Waals surface area contributed by atoms with Gasteiger partial charge in [0, 0.05) is 6.20 Å². The summed E-state index contributed by atoms with van der Waals surface area (Å²) < 4.78 is 14.4. The molecule has 0 aliphatic carbocycles. The summed E-state index contributed by atoms with van der Waals surface area (Å²) in [6.07, 6.45) is 1.69. The van der Waals surface area contributed by atoms with E-state index in [1.165, 1.54) is 0 Å². The zero-order valence-corrected chi connectivity index (χ0v) is 11.1. The first kappa shape index (κ1) is 11.3. The number of hydrogen-bond donors (Lipinski definition) is 1. The van der Waals surface area contributed by atoms with Crippen molar-refractivity contribution in [1.82, 2.24) is 15.0 Å². The number of hydrogen-bond acceptors (Lipinski definition) is 2. The van der Waals surface area contributed by atoms with E-state index in [1.807, 2.05) is 13.0 Å². The Morgan fingerprint density at radius 3 is 2.89 bits per heavy atom. The van der Waals surface area contributed by atoms with E-state index in [-0.39, 0.29) is 5.82 Å². The van der Waals surface area contributed by atoms with E-state index in [0.29, 0.717) is 21.5 Å². The van der Waals surface area contributed by atoms with Crippen LogP contribution >= 0.6 is 15.9 Å². The summed E-state index contributed by atoms with van der Waals surface area (Å²) in [5.41, 5.74) is 2.91. The lowest BCUT2D eigenvalue weighted by atomic mass is 10.2. The minimum absolute atomic E-state index is 0.325. The number of rotatable bonds is 1. The molecule has 0 bridgehead atoms. The third-order valence-electron chi connectivity index (χ3n) is 2.81. The molecule has 0 aliphatic heterocycles. The van der Waals surface area contributed by atoms with E-state index in [9.17, 15) is 4.39 Å². The molecule has 0 fully saturated rings. The zero-order chi connectivity index (χ0) is 12.7. The molecule has 90 valence electrons. The first-order valence-corrected chi connectivity index (χ1v) is 6.22. The van der Waals surface area contributed by atoms with Crippen molar-refractivity contribution >= 4 is 27.1 Å². The van der Waals surface area contributed by atoms with Gasteiger partial charge in [-0.3, -0.25) is 0 Å². The first-order valence-electron chi connectivity index (χ1n) is 5.42. The Morgan fingerprint density at radius 1 is 1.28 bits per heavy atom.